The van der Waals surface area contributed by atoms with Crippen molar-refractivity contribution in [2.45, 2.75) is 6.92 Å². The molecule has 2 aromatic heterocycles. The predicted octanol–water partition coefficient (Wildman–Crippen LogP) is 4.62. The maximum atomic E-state index is 4.67. The highest BCUT2D eigenvalue weighted by Crippen LogP contribution is 2.29. The number of nitrogens with one attached hydrogen (secondary N) is 2. The zero-order valence-electron chi connectivity index (χ0n) is 12.7. The number of H-pyrrole nitrogens is 2. The van der Waals surface area contributed by atoms with Crippen molar-refractivity contribution in [1.29, 1.82) is 0 Å². The number of hydrogen-bond donors (Lipinski definition) is 2. The molecule has 0 radical (unpaired) electrons. The zero-order valence-corrected chi connectivity index (χ0v) is 12.7. The number of para-hydroxylation sites is 3. The second-order valence-electron chi connectivity index (χ2n) is 5.45. The molecule has 4 heteroatoms. The van der Waals surface area contributed by atoms with E-state index in [-0.39, 0.29) is 0 Å². The fraction of sp³-hybridized carbons (Fsp3) is 0.0526. The van der Waals surface area contributed by atoms with Crippen LogP contribution in [0.3, 0.4) is 0 Å². The number of rotatable bonds is 3. The van der Waals surface area contributed by atoms with Gasteiger partial charge in [0.25, 0.3) is 0 Å². The van der Waals surface area contributed by atoms with Crippen LogP contribution in [0.5, 0.6) is 0 Å². The molecule has 0 atom stereocenters. The third-order valence-electron chi connectivity index (χ3n) is 3.88. The van der Waals surface area contributed by atoms with Gasteiger partial charge in [0.2, 0.25) is 0 Å². The molecule has 0 aliphatic carbocycles. The summed E-state index contributed by atoms with van der Waals surface area (Å²) < 4.78 is 0. The molecule has 0 aliphatic heterocycles. The monoisotopic (exact) mass is 300 g/mol. The van der Waals surface area contributed by atoms with Gasteiger partial charge in [-0.1, -0.05) is 24.3 Å². The Morgan fingerprint density at radius 3 is 2.65 bits per heavy atom. The topological polar surface area (TPSA) is 56.8 Å². The second kappa shape index (κ2) is 5.57. The van der Waals surface area contributed by atoms with E-state index in [0.29, 0.717) is 0 Å². The minimum atomic E-state index is 0.835. The van der Waals surface area contributed by atoms with E-state index in [2.05, 4.69) is 26.9 Å². The number of nitrogens with zero attached hydrogens (tertiary/aromatic N) is 2. The van der Waals surface area contributed by atoms with Crippen molar-refractivity contribution >= 4 is 22.9 Å². The molecule has 2 aromatic carbocycles. The van der Waals surface area contributed by atoms with Crippen molar-refractivity contribution in [3.8, 4) is 11.4 Å². The van der Waals surface area contributed by atoms with Crippen LogP contribution in [-0.2, 0) is 0 Å². The number of aryl methyl sites for hydroxylation is 1. The lowest BCUT2D eigenvalue weighted by molar-refractivity contribution is 1.32. The van der Waals surface area contributed by atoms with Gasteiger partial charge in [0.05, 0.1) is 28.6 Å². The van der Waals surface area contributed by atoms with E-state index in [1.807, 2.05) is 67.0 Å². The van der Waals surface area contributed by atoms with Crippen LogP contribution in [0.1, 0.15) is 11.3 Å². The van der Waals surface area contributed by atoms with Gasteiger partial charge in [0.15, 0.2) is 0 Å². The molecule has 0 fully saturated rings. The molecule has 0 bridgehead atoms. The van der Waals surface area contributed by atoms with Crippen LogP contribution in [0.15, 0.2) is 65.8 Å². The molecule has 0 saturated heterocycles. The molecule has 4 aromatic rings. The van der Waals surface area contributed by atoms with Gasteiger partial charge in [-0.25, -0.2) is 4.98 Å². The Morgan fingerprint density at radius 1 is 1.00 bits per heavy atom. The predicted molar refractivity (Wildman–Crippen MR) is 94.3 cm³/mol. The standard InChI is InChI=1S/C19H16N4/c1-13-10-11-20-18(13)12-21-15-7-3-2-6-14(15)19-22-16-8-4-5-9-17(16)23-19/h2-12,20H,1H3,(H,22,23)/b21-12+. The van der Waals surface area contributed by atoms with Crippen molar-refractivity contribution in [2.24, 2.45) is 4.99 Å². The number of benzene rings is 2. The van der Waals surface area contributed by atoms with E-state index in [1.165, 1.54) is 5.56 Å². The first-order valence-corrected chi connectivity index (χ1v) is 7.53. The van der Waals surface area contributed by atoms with Gasteiger partial charge in [-0.3, -0.25) is 4.99 Å². The summed E-state index contributed by atoms with van der Waals surface area (Å²) >= 11 is 0. The molecular weight excluding hydrogens is 284 g/mol. The summed E-state index contributed by atoms with van der Waals surface area (Å²) in [5, 5.41) is 0. The number of aromatic amines is 2. The van der Waals surface area contributed by atoms with Gasteiger partial charge < -0.3 is 9.97 Å². The Morgan fingerprint density at radius 2 is 1.83 bits per heavy atom. The third kappa shape index (κ3) is 2.55. The number of hydrogen-bond acceptors (Lipinski definition) is 2. The van der Waals surface area contributed by atoms with Gasteiger partial charge in [0, 0.05) is 11.8 Å². The Hall–Kier alpha value is -3.14. The summed E-state index contributed by atoms with van der Waals surface area (Å²) in [5.41, 5.74) is 6.06. The second-order valence-corrected chi connectivity index (χ2v) is 5.45. The van der Waals surface area contributed by atoms with E-state index in [4.69, 9.17) is 0 Å². The van der Waals surface area contributed by atoms with Crippen LogP contribution in [0.25, 0.3) is 22.4 Å². The van der Waals surface area contributed by atoms with Crippen LogP contribution >= 0.6 is 0 Å². The molecule has 23 heavy (non-hydrogen) atoms. The van der Waals surface area contributed by atoms with Crippen LogP contribution < -0.4 is 0 Å². The lowest BCUT2D eigenvalue weighted by Gasteiger charge is -2.02. The highest BCUT2D eigenvalue weighted by molar-refractivity contribution is 5.86. The third-order valence-corrected chi connectivity index (χ3v) is 3.88. The van der Waals surface area contributed by atoms with Crippen LogP contribution in [-0.4, -0.2) is 21.2 Å². The molecule has 4 nitrogen and oxygen atoms in total. The first-order valence-electron chi connectivity index (χ1n) is 7.53. The van der Waals surface area contributed by atoms with Gasteiger partial charge in [0.1, 0.15) is 5.82 Å². The Bertz CT molecular complexity index is 958. The van der Waals surface area contributed by atoms with E-state index in [9.17, 15) is 0 Å². The van der Waals surface area contributed by atoms with Crippen molar-refractivity contribution in [3.05, 3.63) is 72.1 Å². The molecule has 2 N–H and O–H groups in total. The van der Waals surface area contributed by atoms with E-state index < -0.39 is 0 Å². The van der Waals surface area contributed by atoms with Crippen molar-refractivity contribution in [2.75, 3.05) is 0 Å². The van der Waals surface area contributed by atoms with E-state index in [1.54, 1.807) is 0 Å². The SMILES string of the molecule is Cc1cc[nH]c1/C=N/c1ccccc1-c1nc2ccccc2[nH]1. The molecule has 0 unspecified atom stereocenters. The summed E-state index contributed by atoms with van der Waals surface area (Å²) in [6, 6.07) is 18.1. The molecular formula is C19H16N4. The Labute approximate surface area is 133 Å². The van der Waals surface area contributed by atoms with Gasteiger partial charge in [-0.05, 0) is 42.8 Å². The van der Waals surface area contributed by atoms with Gasteiger partial charge >= 0.3 is 0 Å². The Kier molecular flexibility index (Phi) is 3.27. The smallest absolute Gasteiger partial charge is 0.140 e. The summed E-state index contributed by atoms with van der Waals surface area (Å²) in [6.07, 6.45) is 3.78. The number of imidazole rings is 1. The molecule has 0 aliphatic rings. The quantitative estimate of drug-likeness (QED) is 0.533. The Balaban J connectivity index is 1.77. The average Bonchev–Trinajstić information content (AvgIpc) is 3.19. The fourth-order valence-electron chi connectivity index (χ4n) is 2.60. The molecule has 0 spiro atoms. The molecule has 0 saturated carbocycles. The number of aromatic nitrogens is 3. The summed E-state index contributed by atoms with van der Waals surface area (Å²) in [5.74, 6) is 0.835. The van der Waals surface area contributed by atoms with Crippen LogP contribution in [0.2, 0.25) is 0 Å². The van der Waals surface area contributed by atoms with Crippen molar-refractivity contribution in [3.63, 3.8) is 0 Å². The minimum Gasteiger partial charge on any atom is -0.360 e. The highest BCUT2D eigenvalue weighted by Gasteiger charge is 2.08. The summed E-state index contributed by atoms with van der Waals surface area (Å²) in [4.78, 5) is 15.9. The normalized spacial score (nSPS) is 11.5. The zero-order chi connectivity index (χ0) is 15.6. The molecule has 0 amide bonds. The minimum absolute atomic E-state index is 0.835. The van der Waals surface area contributed by atoms with Crippen molar-refractivity contribution in [1.82, 2.24) is 15.0 Å². The summed E-state index contributed by atoms with van der Waals surface area (Å²) in [6.45, 7) is 2.06. The highest BCUT2D eigenvalue weighted by atomic mass is 14.9. The lowest BCUT2D eigenvalue weighted by atomic mass is 10.1. The first-order chi connectivity index (χ1) is 11.3. The van der Waals surface area contributed by atoms with E-state index in [0.717, 1.165) is 33.8 Å². The maximum Gasteiger partial charge on any atom is 0.140 e. The molecule has 2 heterocycles. The first kappa shape index (κ1) is 13.5. The van der Waals surface area contributed by atoms with Gasteiger partial charge in [-0.2, -0.15) is 0 Å². The number of fused-ring (bicyclic) bond motifs is 1. The lowest BCUT2D eigenvalue weighted by Crippen LogP contribution is -1.85. The maximum absolute atomic E-state index is 4.67. The van der Waals surface area contributed by atoms with E-state index >= 15 is 0 Å². The van der Waals surface area contributed by atoms with Crippen molar-refractivity contribution < 1.29 is 0 Å². The van der Waals surface area contributed by atoms with Gasteiger partial charge in [-0.15, -0.1) is 0 Å². The largest absolute Gasteiger partial charge is 0.360 e. The fourth-order valence-corrected chi connectivity index (χ4v) is 2.60. The van der Waals surface area contributed by atoms with Crippen LogP contribution in [0, 0.1) is 6.92 Å². The molecule has 112 valence electrons. The summed E-state index contributed by atoms with van der Waals surface area (Å²) in [7, 11) is 0. The number of aliphatic imine (C=N–C) groups is 1. The average molecular weight is 300 g/mol. The van der Waals surface area contributed by atoms with Crippen LogP contribution in [0.4, 0.5) is 5.69 Å². The molecule has 4 rings (SSSR count).